The molecule has 22 heavy (non-hydrogen) atoms. The number of pyridine rings is 1. The summed E-state index contributed by atoms with van der Waals surface area (Å²) < 4.78 is 5.59. The van der Waals surface area contributed by atoms with Crippen molar-refractivity contribution in [2.24, 2.45) is 11.8 Å². The van der Waals surface area contributed by atoms with Gasteiger partial charge < -0.3 is 15.0 Å². The van der Waals surface area contributed by atoms with Crippen LogP contribution in [0.4, 0.5) is 4.79 Å². The van der Waals surface area contributed by atoms with Crippen molar-refractivity contribution >= 4 is 6.03 Å². The highest BCUT2D eigenvalue weighted by atomic mass is 16.5. The number of nitrogens with one attached hydrogen (secondary N) is 1. The van der Waals surface area contributed by atoms with E-state index in [1.54, 1.807) is 7.11 Å². The van der Waals surface area contributed by atoms with Crippen LogP contribution in [0.15, 0.2) is 24.4 Å². The quantitative estimate of drug-likeness (QED) is 0.847. The number of aryl methyl sites for hydroxylation is 1. The van der Waals surface area contributed by atoms with Crippen LogP contribution < -0.4 is 5.32 Å². The van der Waals surface area contributed by atoms with Crippen molar-refractivity contribution in [3.8, 4) is 0 Å². The number of nitrogens with zero attached hydrogens (tertiary/aromatic N) is 2. The lowest BCUT2D eigenvalue weighted by Gasteiger charge is -2.37. The van der Waals surface area contributed by atoms with Gasteiger partial charge in [-0.1, -0.05) is 6.07 Å². The van der Waals surface area contributed by atoms with E-state index in [4.69, 9.17) is 4.74 Å². The van der Waals surface area contributed by atoms with Crippen LogP contribution in [0.1, 0.15) is 25.0 Å². The number of hydrogen-bond acceptors (Lipinski definition) is 3. The minimum Gasteiger partial charge on any atom is -0.381 e. The fourth-order valence-corrected chi connectivity index (χ4v) is 3.85. The second-order valence-electron chi connectivity index (χ2n) is 6.36. The van der Waals surface area contributed by atoms with Crippen LogP contribution in [0.5, 0.6) is 0 Å². The standard InChI is InChI=1S/C17H25N3O2/c1-22-16-13-7-8-14(16)12-20(11-13)17(21)19-10-4-6-15-5-2-3-9-18-15/h2-3,5,9,13-14,16H,4,6-8,10-12H2,1H3,(H,19,21)/t13-,14+,16?. The van der Waals surface area contributed by atoms with E-state index < -0.39 is 0 Å². The summed E-state index contributed by atoms with van der Waals surface area (Å²) in [6.45, 7) is 2.37. The predicted octanol–water partition coefficient (Wildman–Crippen LogP) is 2.08. The van der Waals surface area contributed by atoms with Gasteiger partial charge in [0, 0.05) is 50.5 Å². The number of likely N-dealkylation sites (tertiary alicyclic amines) is 1. The van der Waals surface area contributed by atoms with Crippen molar-refractivity contribution in [3.05, 3.63) is 30.1 Å². The van der Waals surface area contributed by atoms with Gasteiger partial charge in [0.15, 0.2) is 0 Å². The lowest BCUT2D eigenvalue weighted by Crippen LogP contribution is -2.51. The van der Waals surface area contributed by atoms with Gasteiger partial charge in [-0.25, -0.2) is 4.79 Å². The number of ether oxygens (including phenoxy) is 1. The number of fused-ring (bicyclic) bond motifs is 2. The monoisotopic (exact) mass is 303 g/mol. The fraction of sp³-hybridized carbons (Fsp3) is 0.647. The Morgan fingerprint density at radius 2 is 2.14 bits per heavy atom. The number of aromatic nitrogens is 1. The summed E-state index contributed by atoms with van der Waals surface area (Å²) >= 11 is 0. The van der Waals surface area contributed by atoms with E-state index in [0.29, 0.717) is 24.5 Å². The summed E-state index contributed by atoms with van der Waals surface area (Å²) in [5, 5.41) is 3.04. The smallest absolute Gasteiger partial charge is 0.317 e. The minimum atomic E-state index is 0.0764. The summed E-state index contributed by atoms with van der Waals surface area (Å²) in [6.07, 6.45) is 6.36. The number of carbonyl (C=O) groups is 1. The van der Waals surface area contributed by atoms with Gasteiger partial charge in [0.2, 0.25) is 0 Å². The number of carbonyl (C=O) groups excluding carboxylic acids is 1. The third kappa shape index (κ3) is 3.40. The summed E-state index contributed by atoms with van der Waals surface area (Å²) in [7, 11) is 1.79. The van der Waals surface area contributed by atoms with E-state index in [2.05, 4.69) is 10.3 Å². The normalized spacial score (nSPS) is 27.0. The number of methoxy groups -OCH3 is 1. The van der Waals surface area contributed by atoms with E-state index >= 15 is 0 Å². The Hall–Kier alpha value is -1.62. The molecule has 1 saturated heterocycles. The van der Waals surface area contributed by atoms with Gasteiger partial charge in [0.05, 0.1) is 6.10 Å². The van der Waals surface area contributed by atoms with Crippen molar-refractivity contribution in [1.29, 1.82) is 0 Å². The van der Waals surface area contributed by atoms with Gasteiger partial charge in [-0.05, 0) is 37.8 Å². The highest BCUT2D eigenvalue weighted by Gasteiger charge is 2.43. The first-order valence-electron chi connectivity index (χ1n) is 8.23. The number of piperidine rings is 1. The molecule has 5 nitrogen and oxygen atoms in total. The van der Waals surface area contributed by atoms with E-state index in [0.717, 1.165) is 31.6 Å². The average Bonchev–Trinajstić information content (AvgIpc) is 2.80. The maximum atomic E-state index is 12.3. The zero-order valence-corrected chi connectivity index (χ0v) is 13.2. The molecule has 2 amide bonds. The third-order valence-corrected chi connectivity index (χ3v) is 4.92. The molecule has 0 radical (unpaired) electrons. The highest BCUT2D eigenvalue weighted by Crippen LogP contribution is 2.38. The van der Waals surface area contributed by atoms with Gasteiger partial charge >= 0.3 is 6.03 Å². The van der Waals surface area contributed by atoms with Crippen LogP contribution in [0.3, 0.4) is 0 Å². The average molecular weight is 303 g/mol. The predicted molar refractivity (Wildman–Crippen MR) is 84.5 cm³/mol. The molecule has 1 aliphatic carbocycles. The van der Waals surface area contributed by atoms with Gasteiger partial charge in [0.1, 0.15) is 0 Å². The van der Waals surface area contributed by atoms with Crippen molar-refractivity contribution < 1.29 is 9.53 Å². The van der Waals surface area contributed by atoms with Gasteiger partial charge in [-0.3, -0.25) is 4.98 Å². The summed E-state index contributed by atoms with van der Waals surface area (Å²) in [5.41, 5.74) is 1.08. The van der Waals surface area contributed by atoms with Crippen LogP contribution >= 0.6 is 0 Å². The van der Waals surface area contributed by atoms with Gasteiger partial charge in [-0.2, -0.15) is 0 Å². The van der Waals surface area contributed by atoms with E-state index in [1.165, 1.54) is 12.8 Å². The molecular formula is C17H25N3O2. The molecule has 1 aliphatic heterocycles. The summed E-state index contributed by atoms with van der Waals surface area (Å²) in [6, 6.07) is 6.02. The van der Waals surface area contributed by atoms with Crippen LogP contribution in [0, 0.1) is 11.8 Å². The number of hydrogen-bond donors (Lipinski definition) is 1. The SMILES string of the molecule is COC1[C@@H]2CC[C@H]1CN(C(=O)NCCCc1ccccn1)C2. The molecule has 5 heteroatoms. The Morgan fingerprint density at radius 1 is 1.36 bits per heavy atom. The van der Waals surface area contributed by atoms with Crippen LogP contribution in [0.25, 0.3) is 0 Å². The van der Waals surface area contributed by atoms with Crippen molar-refractivity contribution in [1.82, 2.24) is 15.2 Å². The van der Waals surface area contributed by atoms with Crippen LogP contribution in [0.2, 0.25) is 0 Å². The minimum absolute atomic E-state index is 0.0764. The number of rotatable bonds is 5. The zero-order valence-electron chi connectivity index (χ0n) is 13.2. The first-order chi connectivity index (χ1) is 10.8. The molecule has 1 N–H and O–H groups in total. The molecular weight excluding hydrogens is 278 g/mol. The largest absolute Gasteiger partial charge is 0.381 e. The molecule has 1 aromatic heterocycles. The fourth-order valence-electron chi connectivity index (χ4n) is 3.85. The van der Waals surface area contributed by atoms with Gasteiger partial charge in [-0.15, -0.1) is 0 Å². The first-order valence-corrected chi connectivity index (χ1v) is 8.23. The van der Waals surface area contributed by atoms with E-state index in [9.17, 15) is 4.79 Å². The molecule has 2 aliphatic rings. The first kappa shape index (κ1) is 15.3. The number of urea groups is 1. The van der Waals surface area contributed by atoms with E-state index in [1.807, 2.05) is 29.3 Å². The molecule has 1 aromatic rings. The van der Waals surface area contributed by atoms with E-state index in [-0.39, 0.29) is 6.03 Å². The zero-order chi connectivity index (χ0) is 15.4. The second-order valence-corrected chi connectivity index (χ2v) is 6.36. The summed E-state index contributed by atoms with van der Waals surface area (Å²) in [4.78, 5) is 18.5. The third-order valence-electron chi connectivity index (χ3n) is 4.92. The molecule has 2 heterocycles. The lowest BCUT2D eigenvalue weighted by atomic mass is 9.95. The highest BCUT2D eigenvalue weighted by molar-refractivity contribution is 5.74. The number of amides is 2. The Kier molecular flexibility index (Phi) is 4.93. The molecule has 1 unspecified atom stereocenters. The van der Waals surface area contributed by atoms with Gasteiger partial charge in [0.25, 0.3) is 0 Å². The lowest BCUT2D eigenvalue weighted by molar-refractivity contribution is -0.00504. The van der Waals surface area contributed by atoms with Crippen LogP contribution in [-0.4, -0.2) is 48.8 Å². The molecule has 2 fully saturated rings. The molecule has 3 rings (SSSR count). The molecule has 3 atom stereocenters. The molecule has 120 valence electrons. The van der Waals surface area contributed by atoms with Crippen molar-refractivity contribution in [3.63, 3.8) is 0 Å². The maximum absolute atomic E-state index is 12.3. The molecule has 0 aromatic carbocycles. The van der Waals surface area contributed by atoms with Crippen molar-refractivity contribution in [2.75, 3.05) is 26.7 Å². The van der Waals surface area contributed by atoms with Crippen LogP contribution in [-0.2, 0) is 11.2 Å². The second kappa shape index (κ2) is 7.09. The topological polar surface area (TPSA) is 54.5 Å². The molecule has 1 saturated carbocycles. The Bertz CT molecular complexity index is 480. The maximum Gasteiger partial charge on any atom is 0.317 e. The summed E-state index contributed by atoms with van der Waals surface area (Å²) in [5.74, 6) is 1.03. The Labute approximate surface area is 132 Å². The van der Waals surface area contributed by atoms with Crippen molar-refractivity contribution in [2.45, 2.75) is 31.8 Å². The Balaban J connectivity index is 1.40. The Morgan fingerprint density at radius 3 is 2.77 bits per heavy atom. The molecule has 0 spiro atoms. The molecule has 2 bridgehead atoms.